The second-order valence-corrected chi connectivity index (χ2v) is 5.04. The SMILES string of the molecule is O=C1CCC(NC(=O)c2cc(Cl)cc(Cl)c2)CN1. The third-order valence-corrected chi connectivity index (χ3v) is 3.16. The highest BCUT2D eigenvalue weighted by atomic mass is 35.5. The molecule has 0 aromatic heterocycles. The highest BCUT2D eigenvalue weighted by Crippen LogP contribution is 2.19. The largest absolute Gasteiger partial charge is 0.354 e. The molecule has 0 aliphatic carbocycles. The average Bonchev–Trinajstić information content (AvgIpc) is 2.31. The number of carbonyl (C=O) groups excluding carboxylic acids is 2. The Bertz CT molecular complexity index is 461. The lowest BCUT2D eigenvalue weighted by atomic mass is 10.1. The number of hydrogen-bond donors (Lipinski definition) is 2. The maximum Gasteiger partial charge on any atom is 0.251 e. The number of nitrogens with one attached hydrogen (secondary N) is 2. The van der Waals surface area contributed by atoms with Crippen LogP contribution in [0.15, 0.2) is 18.2 Å². The Morgan fingerprint density at radius 3 is 2.50 bits per heavy atom. The summed E-state index contributed by atoms with van der Waals surface area (Å²) < 4.78 is 0. The average molecular weight is 287 g/mol. The van der Waals surface area contributed by atoms with Gasteiger partial charge in [-0.15, -0.1) is 0 Å². The maximum atomic E-state index is 12.0. The van der Waals surface area contributed by atoms with E-state index in [4.69, 9.17) is 23.2 Å². The Morgan fingerprint density at radius 2 is 1.94 bits per heavy atom. The van der Waals surface area contributed by atoms with E-state index in [-0.39, 0.29) is 17.9 Å². The van der Waals surface area contributed by atoms with Gasteiger partial charge in [0.05, 0.1) is 0 Å². The van der Waals surface area contributed by atoms with Crippen molar-refractivity contribution >= 4 is 35.0 Å². The van der Waals surface area contributed by atoms with E-state index in [1.807, 2.05) is 0 Å². The van der Waals surface area contributed by atoms with Gasteiger partial charge in [0.25, 0.3) is 5.91 Å². The zero-order valence-electron chi connectivity index (χ0n) is 9.50. The monoisotopic (exact) mass is 286 g/mol. The van der Waals surface area contributed by atoms with E-state index in [9.17, 15) is 9.59 Å². The Labute approximate surface area is 115 Å². The fourth-order valence-electron chi connectivity index (χ4n) is 1.81. The van der Waals surface area contributed by atoms with Gasteiger partial charge in [-0.3, -0.25) is 9.59 Å². The molecule has 18 heavy (non-hydrogen) atoms. The summed E-state index contributed by atoms with van der Waals surface area (Å²) in [6.07, 6.45) is 1.08. The predicted molar refractivity (Wildman–Crippen MR) is 70.0 cm³/mol. The van der Waals surface area contributed by atoms with Crippen LogP contribution < -0.4 is 10.6 Å². The minimum atomic E-state index is -0.236. The molecule has 4 nitrogen and oxygen atoms in total. The predicted octanol–water partition coefficient (Wildman–Crippen LogP) is 2.00. The molecule has 6 heteroatoms. The van der Waals surface area contributed by atoms with Crippen LogP contribution in [0.25, 0.3) is 0 Å². The summed E-state index contributed by atoms with van der Waals surface area (Å²) in [6, 6.07) is 4.64. The molecule has 1 fully saturated rings. The first kappa shape index (κ1) is 13.2. The highest BCUT2D eigenvalue weighted by Gasteiger charge is 2.20. The van der Waals surface area contributed by atoms with Crippen molar-refractivity contribution in [1.82, 2.24) is 10.6 Å². The van der Waals surface area contributed by atoms with Gasteiger partial charge in [0.15, 0.2) is 0 Å². The number of benzene rings is 1. The summed E-state index contributed by atoms with van der Waals surface area (Å²) in [6.45, 7) is 0.457. The van der Waals surface area contributed by atoms with Gasteiger partial charge in [-0.05, 0) is 24.6 Å². The number of hydrogen-bond acceptors (Lipinski definition) is 2. The van der Waals surface area contributed by atoms with Crippen molar-refractivity contribution < 1.29 is 9.59 Å². The third-order valence-electron chi connectivity index (χ3n) is 2.73. The molecule has 1 aromatic carbocycles. The molecule has 0 bridgehead atoms. The number of rotatable bonds is 2. The fraction of sp³-hybridized carbons (Fsp3) is 0.333. The summed E-state index contributed by atoms with van der Waals surface area (Å²) in [7, 11) is 0. The molecule has 0 radical (unpaired) electrons. The van der Waals surface area contributed by atoms with Gasteiger partial charge >= 0.3 is 0 Å². The molecule has 2 N–H and O–H groups in total. The lowest BCUT2D eigenvalue weighted by Crippen LogP contribution is -2.47. The minimum Gasteiger partial charge on any atom is -0.354 e. The first-order chi connectivity index (χ1) is 8.54. The smallest absolute Gasteiger partial charge is 0.251 e. The summed E-state index contributed by atoms with van der Waals surface area (Å²) in [5.74, 6) is -0.216. The summed E-state index contributed by atoms with van der Waals surface area (Å²) in [4.78, 5) is 23.0. The molecule has 0 saturated carbocycles. The normalized spacial score (nSPS) is 19.2. The topological polar surface area (TPSA) is 58.2 Å². The molecule has 1 saturated heterocycles. The standard InChI is InChI=1S/C12H12Cl2N2O2/c13-8-3-7(4-9(14)5-8)12(18)16-10-1-2-11(17)15-6-10/h3-5,10H,1-2,6H2,(H,15,17)(H,16,18). The van der Waals surface area contributed by atoms with E-state index in [2.05, 4.69) is 10.6 Å². The molecule has 0 spiro atoms. The van der Waals surface area contributed by atoms with Crippen LogP contribution in [0.3, 0.4) is 0 Å². The van der Waals surface area contributed by atoms with Crippen molar-refractivity contribution in [1.29, 1.82) is 0 Å². The number of halogens is 2. The number of amides is 2. The Balaban J connectivity index is 2.01. The van der Waals surface area contributed by atoms with E-state index < -0.39 is 0 Å². The maximum absolute atomic E-state index is 12.0. The van der Waals surface area contributed by atoms with Gasteiger partial charge in [-0.2, -0.15) is 0 Å². The molecule has 1 unspecified atom stereocenters. The fourth-order valence-corrected chi connectivity index (χ4v) is 2.34. The van der Waals surface area contributed by atoms with Crippen LogP contribution in [0.2, 0.25) is 10.0 Å². The van der Waals surface area contributed by atoms with Gasteiger partial charge in [0, 0.05) is 34.6 Å². The first-order valence-electron chi connectivity index (χ1n) is 5.58. The van der Waals surface area contributed by atoms with E-state index >= 15 is 0 Å². The second kappa shape index (κ2) is 5.59. The van der Waals surface area contributed by atoms with Crippen LogP contribution >= 0.6 is 23.2 Å². The van der Waals surface area contributed by atoms with Crippen molar-refractivity contribution in [3.8, 4) is 0 Å². The van der Waals surface area contributed by atoms with Crippen molar-refractivity contribution in [3.63, 3.8) is 0 Å². The molecule has 1 heterocycles. The molecule has 1 atom stereocenters. The third kappa shape index (κ3) is 3.37. The number of carbonyl (C=O) groups is 2. The van der Waals surface area contributed by atoms with Gasteiger partial charge in [-0.25, -0.2) is 0 Å². The van der Waals surface area contributed by atoms with Crippen molar-refractivity contribution in [2.24, 2.45) is 0 Å². The summed E-state index contributed by atoms with van der Waals surface area (Å²) in [5.41, 5.74) is 0.421. The molecule has 1 aliphatic rings. The Kier molecular flexibility index (Phi) is 4.09. The van der Waals surface area contributed by atoms with Crippen LogP contribution in [-0.4, -0.2) is 24.4 Å². The van der Waals surface area contributed by atoms with Crippen molar-refractivity contribution in [3.05, 3.63) is 33.8 Å². The highest BCUT2D eigenvalue weighted by molar-refractivity contribution is 6.35. The van der Waals surface area contributed by atoms with Crippen LogP contribution in [0.4, 0.5) is 0 Å². The molecule has 1 aromatic rings. The van der Waals surface area contributed by atoms with Gasteiger partial charge in [-0.1, -0.05) is 23.2 Å². The van der Waals surface area contributed by atoms with Crippen LogP contribution in [0.5, 0.6) is 0 Å². The number of piperidine rings is 1. The second-order valence-electron chi connectivity index (χ2n) is 4.17. The lowest BCUT2D eigenvalue weighted by Gasteiger charge is -2.23. The van der Waals surface area contributed by atoms with Gasteiger partial charge in [0.1, 0.15) is 0 Å². The van der Waals surface area contributed by atoms with E-state index in [0.717, 1.165) is 0 Å². The van der Waals surface area contributed by atoms with Gasteiger partial charge < -0.3 is 10.6 Å². The van der Waals surface area contributed by atoms with Crippen LogP contribution in [0.1, 0.15) is 23.2 Å². The summed E-state index contributed by atoms with van der Waals surface area (Å²) in [5, 5.41) is 6.39. The van der Waals surface area contributed by atoms with Crippen LogP contribution in [-0.2, 0) is 4.79 Å². The molecule has 2 rings (SSSR count). The Morgan fingerprint density at radius 1 is 1.28 bits per heavy atom. The lowest BCUT2D eigenvalue weighted by molar-refractivity contribution is -0.122. The Hall–Kier alpha value is -1.26. The van der Waals surface area contributed by atoms with E-state index in [1.54, 1.807) is 18.2 Å². The molecular formula is C12H12Cl2N2O2. The molecule has 2 amide bonds. The van der Waals surface area contributed by atoms with E-state index in [1.165, 1.54) is 0 Å². The van der Waals surface area contributed by atoms with Gasteiger partial charge in [0.2, 0.25) is 5.91 Å². The van der Waals surface area contributed by atoms with Crippen molar-refractivity contribution in [2.45, 2.75) is 18.9 Å². The first-order valence-corrected chi connectivity index (χ1v) is 6.34. The zero-order chi connectivity index (χ0) is 13.1. The van der Waals surface area contributed by atoms with E-state index in [0.29, 0.717) is 35.0 Å². The molecule has 96 valence electrons. The van der Waals surface area contributed by atoms with Crippen LogP contribution in [0, 0.1) is 0 Å². The minimum absolute atomic E-state index is 0.0197. The quantitative estimate of drug-likeness (QED) is 0.874. The zero-order valence-corrected chi connectivity index (χ0v) is 11.0. The van der Waals surface area contributed by atoms with Crippen molar-refractivity contribution in [2.75, 3.05) is 6.54 Å². The molecule has 1 aliphatic heterocycles. The summed E-state index contributed by atoms with van der Waals surface area (Å²) >= 11 is 11.7. The molecular weight excluding hydrogens is 275 g/mol.